The van der Waals surface area contributed by atoms with Gasteiger partial charge < -0.3 is 20.8 Å². The van der Waals surface area contributed by atoms with Gasteiger partial charge in [0.05, 0.1) is 17.5 Å². The highest BCUT2D eigenvalue weighted by atomic mass is 32.1. The van der Waals surface area contributed by atoms with Gasteiger partial charge in [-0.1, -0.05) is 37.1 Å². The number of benzene rings is 1. The zero-order valence-electron chi connectivity index (χ0n) is 18.1. The van der Waals surface area contributed by atoms with Gasteiger partial charge in [0.25, 0.3) is 5.91 Å². The number of carboxylic acid groups (broad SMARTS) is 1. The topological polar surface area (TPSA) is 98.7 Å². The molecule has 4 N–H and O–H groups in total. The molecule has 4 atom stereocenters. The van der Waals surface area contributed by atoms with Crippen LogP contribution in [0.2, 0.25) is 0 Å². The molecule has 0 saturated heterocycles. The van der Waals surface area contributed by atoms with Crippen molar-refractivity contribution >= 4 is 28.2 Å². The van der Waals surface area contributed by atoms with Crippen molar-refractivity contribution in [2.45, 2.75) is 70.1 Å². The van der Waals surface area contributed by atoms with Crippen molar-refractivity contribution in [3.8, 4) is 0 Å². The molecule has 5 rings (SSSR count). The van der Waals surface area contributed by atoms with E-state index in [1.165, 1.54) is 16.0 Å². The van der Waals surface area contributed by atoms with Gasteiger partial charge in [0, 0.05) is 10.8 Å². The zero-order valence-corrected chi connectivity index (χ0v) is 18.9. The molecule has 0 radical (unpaired) electrons. The third-order valence-corrected chi connectivity index (χ3v) is 8.63. The first-order chi connectivity index (χ1) is 15.5. The molecule has 0 bridgehead atoms. The molecule has 1 fully saturated rings. The smallest absolute Gasteiger partial charge is 0.306 e. The van der Waals surface area contributed by atoms with Crippen molar-refractivity contribution < 1.29 is 19.8 Å². The number of aliphatic hydroxyl groups excluding tert-OH is 1. The first-order valence-electron chi connectivity index (χ1n) is 11.7. The molecule has 1 aromatic heterocycles. The molecule has 1 heterocycles. The monoisotopic (exact) mass is 454 g/mol. The summed E-state index contributed by atoms with van der Waals surface area (Å²) in [5.41, 5.74) is 4.22. The van der Waals surface area contributed by atoms with Gasteiger partial charge in [0.2, 0.25) is 0 Å². The minimum Gasteiger partial charge on any atom is -0.481 e. The Morgan fingerprint density at radius 2 is 1.84 bits per heavy atom. The van der Waals surface area contributed by atoms with E-state index in [0.717, 1.165) is 50.5 Å². The fraction of sp³-hybridized carbons (Fsp3) is 0.520. The molecule has 3 aliphatic rings. The van der Waals surface area contributed by atoms with Gasteiger partial charge in [-0.05, 0) is 61.6 Å². The lowest BCUT2D eigenvalue weighted by Gasteiger charge is -2.32. The highest BCUT2D eigenvalue weighted by Crippen LogP contribution is 2.42. The summed E-state index contributed by atoms with van der Waals surface area (Å²) in [6, 6.07) is 8.26. The van der Waals surface area contributed by atoms with E-state index in [2.05, 4.69) is 22.8 Å². The maximum absolute atomic E-state index is 13.5. The number of rotatable bonds is 6. The van der Waals surface area contributed by atoms with E-state index in [-0.39, 0.29) is 17.9 Å². The number of hydrogen-bond acceptors (Lipinski definition) is 5. The first-order valence-corrected chi connectivity index (χ1v) is 12.5. The predicted molar refractivity (Wildman–Crippen MR) is 124 cm³/mol. The molecule has 0 aliphatic heterocycles. The van der Waals surface area contributed by atoms with Crippen LogP contribution in [0.5, 0.6) is 0 Å². The number of carbonyl (C=O) groups excluding carboxylic acids is 1. The number of aliphatic carboxylic acids is 1. The van der Waals surface area contributed by atoms with Crippen LogP contribution in [-0.2, 0) is 24.1 Å². The lowest BCUT2D eigenvalue weighted by molar-refractivity contribution is -0.146. The van der Waals surface area contributed by atoms with Crippen molar-refractivity contribution in [1.82, 2.24) is 5.32 Å². The van der Waals surface area contributed by atoms with E-state index < -0.39 is 18.1 Å². The maximum atomic E-state index is 13.5. The second-order valence-corrected chi connectivity index (χ2v) is 10.4. The molecule has 4 unspecified atom stereocenters. The van der Waals surface area contributed by atoms with Gasteiger partial charge in [-0.3, -0.25) is 9.59 Å². The average Bonchev–Trinajstić information content (AvgIpc) is 3.48. The SMILES string of the molecule is O=C(NC1CCc2ccccc21)c1c(NC(O)C2CCCCC2C(=O)O)sc2c1CCC2. The summed E-state index contributed by atoms with van der Waals surface area (Å²) in [5.74, 6) is -1.84. The zero-order chi connectivity index (χ0) is 22.2. The van der Waals surface area contributed by atoms with Crippen LogP contribution in [0.1, 0.15) is 76.5 Å². The Bertz CT molecular complexity index is 1030. The molecule has 2 aromatic rings. The van der Waals surface area contributed by atoms with Crippen molar-refractivity contribution in [3.63, 3.8) is 0 Å². The third kappa shape index (κ3) is 3.92. The average molecular weight is 455 g/mol. The second-order valence-electron chi connectivity index (χ2n) is 9.31. The Morgan fingerprint density at radius 3 is 2.69 bits per heavy atom. The Kier molecular flexibility index (Phi) is 5.95. The largest absolute Gasteiger partial charge is 0.481 e. The standard InChI is InChI=1S/C25H30N2O4S/c28-22(16-8-3-4-9-17(16)25(30)31)27-24-21(18-10-5-11-20(18)32-24)23(29)26-19-13-12-14-6-1-2-7-15(14)19/h1-2,6-7,16-17,19,22,27-28H,3-5,8-13H2,(H,26,29)(H,30,31). The maximum Gasteiger partial charge on any atom is 0.306 e. The number of anilines is 1. The molecule has 0 spiro atoms. The molecule has 1 aromatic carbocycles. The van der Waals surface area contributed by atoms with Crippen LogP contribution in [0, 0.1) is 11.8 Å². The minimum atomic E-state index is -0.978. The number of fused-ring (bicyclic) bond motifs is 2. The quantitative estimate of drug-likeness (QED) is 0.489. The summed E-state index contributed by atoms with van der Waals surface area (Å²) in [4.78, 5) is 26.4. The number of amides is 1. The van der Waals surface area contributed by atoms with Gasteiger partial charge in [-0.25, -0.2) is 0 Å². The van der Waals surface area contributed by atoms with Gasteiger partial charge in [-0.2, -0.15) is 0 Å². The molecule has 3 aliphatic carbocycles. The van der Waals surface area contributed by atoms with Crippen molar-refractivity contribution in [3.05, 3.63) is 51.4 Å². The van der Waals surface area contributed by atoms with E-state index in [4.69, 9.17) is 0 Å². The van der Waals surface area contributed by atoms with Crippen LogP contribution in [0.3, 0.4) is 0 Å². The Labute approximate surface area is 192 Å². The molecular formula is C25H30N2O4S. The van der Waals surface area contributed by atoms with Crippen molar-refractivity contribution in [1.29, 1.82) is 0 Å². The highest BCUT2D eigenvalue weighted by molar-refractivity contribution is 7.16. The Morgan fingerprint density at radius 1 is 1.03 bits per heavy atom. The fourth-order valence-electron chi connectivity index (χ4n) is 5.77. The van der Waals surface area contributed by atoms with Gasteiger partial charge >= 0.3 is 5.97 Å². The number of hydrogen-bond donors (Lipinski definition) is 4. The molecule has 6 nitrogen and oxygen atoms in total. The summed E-state index contributed by atoms with van der Waals surface area (Å²) in [6.45, 7) is 0. The first kappa shape index (κ1) is 21.5. The van der Waals surface area contributed by atoms with E-state index in [9.17, 15) is 19.8 Å². The van der Waals surface area contributed by atoms with E-state index in [1.54, 1.807) is 11.3 Å². The summed E-state index contributed by atoms with van der Waals surface area (Å²) < 4.78 is 0. The second kappa shape index (κ2) is 8.87. The number of carbonyl (C=O) groups is 2. The van der Waals surface area contributed by atoms with Crippen LogP contribution in [0.15, 0.2) is 24.3 Å². The molecular weight excluding hydrogens is 424 g/mol. The van der Waals surface area contributed by atoms with Crippen LogP contribution in [0.25, 0.3) is 0 Å². The Balaban J connectivity index is 1.38. The van der Waals surface area contributed by atoms with Gasteiger partial charge in [-0.15, -0.1) is 11.3 Å². The lowest BCUT2D eigenvalue weighted by Crippen LogP contribution is -2.39. The summed E-state index contributed by atoms with van der Waals surface area (Å²) in [7, 11) is 0. The van der Waals surface area contributed by atoms with Crippen LogP contribution in [0.4, 0.5) is 5.00 Å². The van der Waals surface area contributed by atoms with Crippen LogP contribution < -0.4 is 10.6 Å². The molecule has 32 heavy (non-hydrogen) atoms. The summed E-state index contributed by atoms with van der Waals surface area (Å²) >= 11 is 1.54. The normalized spacial score (nSPS) is 25.1. The van der Waals surface area contributed by atoms with Gasteiger partial charge in [0.15, 0.2) is 0 Å². The number of thiophene rings is 1. The van der Waals surface area contributed by atoms with E-state index in [0.29, 0.717) is 23.4 Å². The number of carboxylic acids is 1. The Hall–Kier alpha value is -2.38. The van der Waals surface area contributed by atoms with Crippen molar-refractivity contribution in [2.75, 3.05) is 5.32 Å². The number of aryl methyl sites for hydroxylation is 2. The minimum absolute atomic E-state index is 0.00293. The number of aliphatic hydroxyl groups is 1. The summed E-state index contributed by atoms with van der Waals surface area (Å²) in [6.07, 6.45) is 6.81. The van der Waals surface area contributed by atoms with E-state index >= 15 is 0 Å². The molecule has 170 valence electrons. The fourth-order valence-corrected chi connectivity index (χ4v) is 7.09. The predicted octanol–water partition coefficient (Wildman–Crippen LogP) is 4.28. The number of nitrogens with one attached hydrogen (secondary N) is 2. The molecule has 1 saturated carbocycles. The van der Waals surface area contributed by atoms with Gasteiger partial charge in [0.1, 0.15) is 11.2 Å². The molecule has 7 heteroatoms. The summed E-state index contributed by atoms with van der Waals surface area (Å²) in [5, 5.41) is 27.6. The van der Waals surface area contributed by atoms with Crippen LogP contribution in [-0.4, -0.2) is 28.3 Å². The van der Waals surface area contributed by atoms with Crippen molar-refractivity contribution in [2.24, 2.45) is 11.8 Å². The van der Waals surface area contributed by atoms with Crippen LogP contribution >= 0.6 is 11.3 Å². The van der Waals surface area contributed by atoms with E-state index in [1.807, 2.05) is 12.1 Å². The molecule has 1 amide bonds. The lowest BCUT2D eigenvalue weighted by atomic mass is 9.78. The highest BCUT2D eigenvalue weighted by Gasteiger charge is 2.37. The third-order valence-electron chi connectivity index (χ3n) is 7.41.